The molecule has 0 amide bonds. The number of ether oxygens (including phenoxy) is 1. The highest BCUT2D eigenvalue weighted by atomic mass is 35.5. The number of nitrogen functional groups attached to an aromatic ring is 1. The molecule has 82 valence electrons. The lowest BCUT2D eigenvalue weighted by Crippen LogP contribution is -2.00. The number of aromatic nitrogens is 2. The van der Waals surface area contributed by atoms with Gasteiger partial charge in [-0.1, -0.05) is 11.6 Å². The molecule has 5 heteroatoms. The molecule has 0 aliphatic heterocycles. The molecule has 1 heterocycles. The maximum Gasteiger partial charge on any atom is 0.141 e. The lowest BCUT2D eigenvalue weighted by molar-refractivity contribution is 0.301. The fourth-order valence-electron chi connectivity index (χ4n) is 1.13. The summed E-state index contributed by atoms with van der Waals surface area (Å²) in [6.45, 7) is 0.356. The summed E-state index contributed by atoms with van der Waals surface area (Å²) < 4.78 is 5.48. The van der Waals surface area contributed by atoms with Gasteiger partial charge in [-0.25, -0.2) is 4.98 Å². The summed E-state index contributed by atoms with van der Waals surface area (Å²) in [5.41, 5.74) is 6.15. The van der Waals surface area contributed by atoms with Gasteiger partial charge in [0.2, 0.25) is 0 Å². The number of anilines is 1. The smallest absolute Gasteiger partial charge is 0.141 e. The van der Waals surface area contributed by atoms with Crippen LogP contribution in [0.3, 0.4) is 0 Å². The van der Waals surface area contributed by atoms with Gasteiger partial charge in [-0.15, -0.1) is 0 Å². The third-order valence-electron chi connectivity index (χ3n) is 1.93. The summed E-state index contributed by atoms with van der Waals surface area (Å²) in [4.78, 5) is 7.99. The van der Waals surface area contributed by atoms with Crippen molar-refractivity contribution in [3.8, 4) is 5.75 Å². The minimum atomic E-state index is 0.356. The minimum absolute atomic E-state index is 0.356. The van der Waals surface area contributed by atoms with Crippen LogP contribution in [0.15, 0.2) is 36.7 Å². The molecule has 0 aliphatic carbocycles. The molecule has 0 saturated carbocycles. The number of hydrogen-bond donors (Lipinski definition) is 1. The van der Waals surface area contributed by atoms with Crippen LogP contribution in [0.4, 0.5) is 5.82 Å². The largest absolute Gasteiger partial charge is 0.487 e. The maximum atomic E-state index is 5.75. The molecule has 0 saturated heterocycles. The van der Waals surface area contributed by atoms with Crippen molar-refractivity contribution in [3.05, 3.63) is 47.4 Å². The molecule has 2 N–H and O–H groups in total. The quantitative estimate of drug-likeness (QED) is 0.887. The van der Waals surface area contributed by atoms with Gasteiger partial charge in [0.15, 0.2) is 0 Å². The molecule has 1 aromatic heterocycles. The molecule has 0 unspecified atom stereocenters. The van der Waals surface area contributed by atoms with E-state index in [1.165, 1.54) is 6.20 Å². The summed E-state index contributed by atoms with van der Waals surface area (Å²) in [6, 6.07) is 7.14. The van der Waals surface area contributed by atoms with E-state index in [9.17, 15) is 0 Å². The van der Waals surface area contributed by atoms with Crippen LogP contribution in [0.1, 0.15) is 5.69 Å². The molecule has 0 spiro atoms. The average molecular weight is 236 g/mol. The Morgan fingerprint density at radius 2 is 1.88 bits per heavy atom. The second kappa shape index (κ2) is 4.81. The van der Waals surface area contributed by atoms with Crippen molar-refractivity contribution in [3.63, 3.8) is 0 Å². The number of benzene rings is 1. The Labute approximate surface area is 98.0 Å². The van der Waals surface area contributed by atoms with Crippen molar-refractivity contribution >= 4 is 17.4 Å². The SMILES string of the molecule is Nc1cnc(COc2ccc(Cl)cc2)cn1. The van der Waals surface area contributed by atoms with E-state index in [1.54, 1.807) is 30.5 Å². The Morgan fingerprint density at radius 1 is 1.12 bits per heavy atom. The Bertz CT molecular complexity index is 410. The Kier molecular flexibility index (Phi) is 3.22. The van der Waals surface area contributed by atoms with Crippen LogP contribution in [0, 0.1) is 0 Å². The van der Waals surface area contributed by atoms with E-state index in [2.05, 4.69) is 9.97 Å². The molecule has 1 aromatic carbocycles. The number of hydrogen-bond acceptors (Lipinski definition) is 4. The summed E-state index contributed by atoms with van der Waals surface area (Å²) in [6.07, 6.45) is 3.09. The Balaban J connectivity index is 1.97. The van der Waals surface area contributed by atoms with Crippen LogP contribution in [0.25, 0.3) is 0 Å². The average Bonchev–Trinajstić information content (AvgIpc) is 2.30. The van der Waals surface area contributed by atoms with Crippen LogP contribution in [-0.4, -0.2) is 9.97 Å². The van der Waals surface area contributed by atoms with Crippen molar-refractivity contribution in [2.75, 3.05) is 5.73 Å². The normalized spacial score (nSPS) is 10.1. The maximum absolute atomic E-state index is 5.75. The zero-order valence-electron chi connectivity index (χ0n) is 8.43. The van der Waals surface area contributed by atoms with Crippen LogP contribution in [0.5, 0.6) is 5.75 Å². The summed E-state index contributed by atoms with van der Waals surface area (Å²) >= 11 is 5.75. The second-order valence-corrected chi connectivity index (χ2v) is 3.61. The summed E-state index contributed by atoms with van der Waals surface area (Å²) in [5, 5.41) is 0.680. The second-order valence-electron chi connectivity index (χ2n) is 3.18. The molecule has 0 aliphatic rings. The minimum Gasteiger partial charge on any atom is -0.487 e. The van der Waals surface area contributed by atoms with Crippen LogP contribution >= 0.6 is 11.6 Å². The van der Waals surface area contributed by atoms with E-state index < -0.39 is 0 Å². The number of rotatable bonds is 3. The van der Waals surface area contributed by atoms with Crippen molar-refractivity contribution in [2.24, 2.45) is 0 Å². The van der Waals surface area contributed by atoms with Crippen LogP contribution < -0.4 is 10.5 Å². The van der Waals surface area contributed by atoms with E-state index in [0.717, 1.165) is 11.4 Å². The van der Waals surface area contributed by atoms with Gasteiger partial charge in [0, 0.05) is 5.02 Å². The molecular weight excluding hydrogens is 226 g/mol. The molecule has 16 heavy (non-hydrogen) atoms. The third kappa shape index (κ3) is 2.84. The van der Waals surface area contributed by atoms with Gasteiger partial charge in [-0.3, -0.25) is 4.98 Å². The fourth-order valence-corrected chi connectivity index (χ4v) is 1.25. The molecule has 0 radical (unpaired) electrons. The Morgan fingerprint density at radius 3 is 2.50 bits per heavy atom. The first-order valence-electron chi connectivity index (χ1n) is 4.69. The van der Waals surface area contributed by atoms with E-state index in [0.29, 0.717) is 17.4 Å². The number of nitrogens with two attached hydrogens (primary N) is 1. The Hall–Kier alpha value is -1.81. The van der Waals surface area contributed by atoms with Gasteiger partial charge in [-0.05, 0) is 24.3 Å². The van der Waals surface area contributed by atoms with E-state index in [1.807, 2.05) is 0 Å². The lowest BCUT2D eigenvalue weighted by atomic mass is 10.3. The highest BCUT2D eigenvalue weighted by molar-refractivity contribution is 6.30. The predicted molar refractivity (Wildman–Crippen MR) is 62.2 cm³/mol. The molecular formula is C11H10ClN3O. The topological polar surface area (TPSA) is 61.0 Å². The molecule has 0 bridgehead atoms. The highest BCUT2D eigenvalue weighted by Crippen LogP contribution is 2.16. The fraction of sp³-hybridized carbons (Fsp3) is 0.0909. The molecule has 0 atom stereocenters. The molecule has 4 nitrogen and oxygen atoms in total. The lowest BCUT2D eigenvalue weighted by Gasteiger charge is -2.05. The van der Waals surface area contributed by atoms with Gasteiger partial charge >= 0.3 is 0 Å². The van der Waals surface area contributed by atoms with Gasteiger partial charge in [0.25, 0.3) is 0 Å². The standard InChI is InChI=1S/C11H10ClN3O/c12-8-1-3-10(4-2-8)16-7-9-5-15-11(13)6-14-9/h1-6H,7H2,(H2,13,15). The zero-order chi connectivity index (χ0) is 11.4. The third-order valence-corrected chi connectivity index (χ3v) is 2.18. The number of nitrogens with zero attached hydrogens (tertiary/aromatic N) is 2. The van der Waals surface area contributed by atoms with Crippen LogP contribution in [0.2, 0.25) is 5.02 Å². The van der Waals surface area contributed by atoms with E-state index >= 15 is 0 Å². The van der Waals surface area contributed by atoms with Crippen molar-refractivity contribution in [1.29, 1.82) is 0 Å². The monoisotopic (exact) mass is 235 g/mol. The van der Waals surface area contributed by atoms with Gasteiger partial charge in [0.05, 0.1) is 18.1 Å². The van der Waals surface area contributed by atoms with E-state index in [4.69, 9.17) is 22.1 Å². The molecule has 2 rings (SSSR count). The molecule has 0 fully saturated rings. The first kappa shape index (κ1) is 10.7. The first-order valence-corrected chi connectivity index (χ1v) is 5.06. The van der Waals surface area contributed by atoms with Crippen molar-refractivity contribution < 1.29 is 4.74 Å². The van der Waals surface area contributed by atoms with Gasteiger partial charge < -0.3 is 10.5 Å². The first-order chi connectivity index (χ1) is 7.74. The molecule has 2 aromatic rings. The number of halogens is 1. The van der Waals surface area contributed by atoms with Gasteiger partial charge in [-0.2, -0.15) is 0 Å². The summed E-state index contributed by atoms with van der Waals surface area (Å²) in [7, 11) is 0. The van der Waals surface area contributed by atoms with E-state index in [-0.39, 0.29) is 0 Å². The van der Waals surface area contributed by atoms with Gasteiger partial charge in [0.1, 0.15) is 18.2 Å². The highest BCUT2D eigenvalue weighted by Gasteiger charge is 1.97. The van der Waals surface area contributed by atoms with Crippen LogP contribution in [-0.2, 0) is 6.61 Å². The van der Waals surface area contributed by atoms with Crippen molar-refractivity contribution in [2.45, 2.75) is 6.61 Å². The van der Waals surface area contributed by atoms with Crippen molar-refractivity contribution in [1.82, 2.24) is 9.97 Å². The predicted octanol–water partition coefficient (Wildman–Crippen LogP) is 2.29. The summed E-state index contributed by atoms with van der Waals surface area (Å²) in [5.74, 6) is 1.14. The zero-order valence-corrected chi connectivity index (χ0v) is 9.19.